The van der Waals surface area contributed by atoms with E-state index in [1.54, 1.807) is 12.1 Å². The molecule has 3 N–H and O–H groups in total. The first kappa shape index (κ1) is 11.5. The van der Waals surface area contributed by atoms with E-state index >= 15 is 0 Å². The Hall–Kier alpha value is -1.60. The third-order valence-electron chi connectivity index (χ3n) is 1.56. The van der Waals surface area contributed by atoms with Crippen molar-refractivity contribution in [1.29, 1.82) is 0 Å². The number of hydrazine groups is 1. The fourth-order valence-corrected chi connectivity index (χ4v) is 1.64. The van der Waals surface area contributed by atoms with Crippen LogP contribution in [-0.4, -0.2) is 16.6 Å². The average Bonchev–Trinajstić information content (AvgIpc) is 2.26. The van der Waals surface area contributed by atoms with Crippen LogP contribution in [0.2, 0.25) is 0 Å². The number of nitro groups is 1. The van der Waals surface area contributed by atoms with E-state index in [1.807, 2.05) is 5.43 Å². The van der Waals surface area contributed by atoms with Crippen LogP contribution in [-0.2, 0) is 4.79 Å². The van der Waals surface area contributed by atoms with Crippen LogP contribution in [0.3, 0.4) is 0 Å². The number of nitro benzene ring substituents is 1. The predicted molar refractivity (Wildman–Crippen MR) is 56.2 cm³/mol. The van der Waals surface area contributed by atoms with Crippen LogP contribution in [0.25, 0.3) is 0 Å². The van der Waals surface area contributed by atoms with Crippen LogP contribution in [0.1, 0.15) is 0 Å². The third-order valence-corrected chi connectivity index (χ3v) is 2.55. The summed E-state index contributed by atoms with van der Waals surface area (Å²) in [5, 5.41) is 10.4. The second-order valence-electron chi connectivity index (χ2n) is 2.61. The van der Waals surface area contributed by atoms with Gasteiger partial charge in [0.15, 0.2) is 0 Å². The van der Waals surface area contributed by atoms with Crippen molar-refractivity contribution in [1.82, 2.24) is 5.43 Å². The molecule has 7 heteroatoms. The summed E-state index contributed by atoms with van der Waals surface area (Å²) in [6.07, 6.45) is 0. The van der Waals surface area contributed by atoms with Crippen molar-refractivity contribution < 1.29 is 9.72 Å². The van der Waals surface area contributed by atoms with Gasteiger partial charge < -0.3 is 0 Å². The summed E-state index contributed by atoms with van der Waals surface area (Å²) in [4.78, 5) is 21.4. The monoisotopic (exact) mass is 227 g/mol. The molecule has 0 atom stereocenters. The summed E-state index contributed by atoms with van der Waals surface area (Å²) in [7, 11) is 0. The van der Waals surface area contributed by atoms with Gasteiger partial charge in [0.2, 0.25) is 5.91 Å². The van der Waals surface area contributed by atoms with Crippen molar-refractivity contribution >= 4 is 23.4 Å². The highest BCUT2D eigenvalue weighted by molar-refractivity contribution is 8.00. The zero-order valence-electron chi connectivity index (χ0n) is 7.67. The first-order valence-electron chi connectivity index (χ1n) is 4.00. The molecule has 0 spiro atoms. The molecule has 15 heavy (non-hydrogen) atoms. The molecule has 6 nitrogen and oxygen atoms in total. The van der Waals surface area contributed by atoms with Gasteiger partial charge in [0, 0.05) is 17.0 Å². The number of hydrogen-bond donors (Lipinski definition) is 2. The first-order chi connectivity index (χ1) is 7.13. The molecule has 0 saturated heterocycles. The van der Waals surface area contributed by atoms with E-state index in [0.29, 0.717) is 4.90 Å². The van der Waals surface area contributed by atoms with Gasteiger partial charge in [-0.15, -0.1) is 11.8 Å². The van der Waals surface area contributed by atoms with Crippen molar-refractivity contribution in [2.75, 3.05) is 5.75 Å². The fourth-order valence-electron chi connectivity index (χ4n) is 0.877. The Morgan fingerprint density at radius 2 is 2.33 bits per heavy atom. The summed E-state index contributed by atoms with van der Waals surface area (Å²) < 4.78 is 0. The molecule has 0 heterocycles. The SMILES string of the molecule is NNC(=O)CSc1cccc([N+](=O)[O-])c1. The van der Waals surface area contributed by atoms with Gasteiger partial charge >= 0.3 is 0 Å². The Bertz CT molecular complexity index is 383. The van der Waals surface area contributed by atoms with Crippen LogP contribution in [0.5, 0.6) is 0 Å². The molecule has 0 unspecified atom stereocenters. The van der Waals surface area contributed by atoms with Gasteiger partial charge in [-0.05, 0) is 6.07 Å². The Morgan fingerprint density at radius 1 is 1.60 bits per heavy atom. The van der Waals surface area contributed by atoms with Crippen LogP contribution in [0.15, 0.2) is 29.2 Å². The minimum atomic E-state index is -0.479. The molecule has 0 fully saturated rings. The minimum absolute atomic E-state index is 0.00755. The number of non-ortho nitro benzene ring substituents is 1. The predicted octanol–water partition coefficient (Wildman–Crippen LogP) is 0.677. The number of thioether (sulfide) groups is 1. The molecule has 0 bridgehead atoms. The maximum atomic E-state index is 10.8. The Balaban J connectivity index is 2.66. The van der Waals surface area contributed by atoms with E-state index in [4.69, 9.17) is 5.84 Å². The number of benzene rings is 1. The maximum absolute atomic E-state index is 10.8. The van der Waals surface area contributed by atoms with E-state index in [0.717, 1.165) is 0 Å². The number of rotatable bonds is 4. The molecule has 1 aromatic rings. The van der Waals surface area contributed by atoms with Crippen LogP contribution in [0.4, 0.5) is 5.69 Å². The standard InChI is InChI=1S/C8H9N3O3S/c9-10-8(12)5-15-7-3-1-2-6(4-7)11(13)14/h1-4H,5,9H2,(H,10,12). The Morgan fingerprint density at radius 3 is 2.93 bits per heavy atom. The fraction of sp³-hybridized carbons (Fsp3) is 0.125. The lowest BCUT2D eigenvalue weighted by molar-refractivity contribution is -0.385. The molecule has 80 valence electrons. The van der Waals surface area contributed by atoms with E-state index in [2.05, 4.69) is 0 Å². The second kappa shape index (κ2) is 5.32. The normalized spacial score (nSPS) is 9.67. The van der Waals surface area contributed by atoms with Gasteiger partial charge in [0.1, 0.15) is 0 Å². The van der Waals surface area contributed by atoms with Crippen molar-refractivity contribution in [3.05, 3.63) is 34.4 Å². The quantitative estimate of drug-likeness (QED) is 0.259. The van der Waals surface area contributed by atoms with Gasteiger partial charge in [0.05, 0.1) is 10.7 Å². The molecule has 1 aromatic carbocycles. The number of amides is 1. The maximum Gasteiger partial charge on any atom is 0.270 e. The van der Waals surface area contributed by atoms with E-state index in [-0.39, 0.29) is 17.3 Å². The lowest BCUT2D eigenvalue weighted by Crippen LogP contribution is -2.31. The molecule has 0 aliphatic carbocycles. The lowest BCUT2D eigenvalue weighted by Gasteiger charge is -2.00. The Labute approximate surface area is 90.0 Å². The van der Waals surface area contributed by atoms with Gasteiger partial charge in [-0.1, -0.05) is 6.07 Å². The number of nitrogens with two attached hydrogens (primary N) is 1. The van der Waals surface area contributed by atoms with Crippen LogP contribution < -0.4 is 11.3 Å². The highest BCUT2D eigenvalue weighted by Gasteiger charge is 2.07. The number of nitrogens with one attached hydrogen (secondary N) is 1. The van der Waals surface area contributed by atoms with Gasteiger partial charge in [-0.3, -0.25) is 20.3 Å². The summed E-state index contributed by atoms with van der Waals surface area (Å²) in [5.41, 5.74) is 1.99. The van der Waals surface area contributed by atoms with Crippen molar-refractivity contribution in [3.63, 3.8) is 0 Å². The first-order valence-corrected chi connectivity index (χ1v) is 4.98. The summed E-state index contributed by atoms with van der Waals surface area (Å²) in [6, 6.07) is 6.07. The van der Waals surface area contributed by atoms with Crippen LogP contribution >= 0.6 is 11.8 Å². The largest absolute Gasteiger partial charge is 0.294 e. The summed E-state index contributed by atoms with van der Waals surface area (Å²) in [5.74, 6) is 4.70. The third kappa shape index (κ3) is 3.56. The summed E-state index contributed by atoms with van der Waals surface area (Å²) >= 11 is 1.19. The average molecular weight is 227 g/mol. The molecule has 1 rings (SSSR count). The van der Waals surface area contributed by atoms with Gasteiger partial charge in [-0.2, -0.15) is 0 Å². The minimum Gasteiger partial charge on any atom is -0.294 e. The molecule has 0 aliphatic heterocycles. The highest BCUT2D eigenvalue weighted by Crippen LogP contribution is 2.22. The number of carbonyl (C=O) groups is 1. The molecule has 0 saturated carbocycles. The van der Waals surface area contributed by atoms with E-state index in [9.17, 15) is 14.9 Å². The number of carbonyl (C=O) groups excluding carboxylic acids is 1. The van der Waals surface area contributed by atoms with Crippen LogP contribution in [0, 0.1) is 10.1 Å². The van der Waals surface area contributed by atoms with Crippen molar-refractivity contribution in [3.8, 4) is 0 Å². The van der Waals surface area contributed by atoms with Crippen molar-refractivity contribution in [2.24, 2.45) is 5.84 Å². The molecule has 1 amide bonds. The Kier molecular flexibility index (Phi) is 4.07. The molecular formula is C8H9N3O3S. The zero-order chi connectivity index (χ0) is 11.3. The molecule has 0 aromatic heterocycles. The molecular weight excluding hydrogens is 218 g/mol. The summed E-state index contributed by atoms with van der Waals surface area (Å²) in [6.45, 7) is 0. The van der Waals surface area contributed by atoms with E-state index < -0.39 is 4.92 Å². The second-order valence-corrected chi connectivity index (χ2v) is 3.66. The van der Waals surface area contributed by atoms with Gasteiger partial charge in [-0.25, -0.2) is 5.84 Å². The molecule has 0 radical (unpaired) electrons. The molecule has 0 aliphatic rings. The number of hydrogen-bond acceptors (Lipinski definition) is 5. The van der Waals surface area contributed by atoms with Crippen molar-refractivity contribution in [2.45, 2.75) is 4.90 Å². The van der Waals surface area contributed by atoms with E-state index in [1.165, 1.54) is 23.9 Å². The smallest absolute Gasteiger partial charge is 0.270 e. The zero-order valence-corrected chi connectivity index (χ0v) is 8.49. The highest BCUT2D eigenvalue weighted by atomic mass is 32.2. The number of nitrogens with zero attached hydrogens (tertiary/aromatic N) is 1. The topological polar surface area (TPSA) is 98.3 Å². The van der Waals surface area contributed by atoms with Gasteiger partial charge in [0.25, 0.3) is 5.69 Å². The lowest BCUT2D eigenvalue weighted by atomic mass is 10.3.